The third kappa shape index (κ3) is 4.99. The van der Waals surface area contributed by atoms with Gasteiger partial charge in [0, 0.05) is 19.4 Å². The van der Waals surface area contributed by atoms with Gasteiger partial charge in [-0.3, -0.25) is 4.72 Å². The highest BCUT2D eigenvalue weighted by molar-refractivity contribution is 7.78. The Morgan fingerprint density at radius 2 is 2.00 bits per heavy atom. The number of halogens is 2. The molecule has 0 bridgehead atoms. The van der Waals surface area contributed by atoms with Crippen LogP contribution in [-0.4, -0.2) is 12.5 Å². The van der Waals surface area contributed by atoms with Gasteiger partial charge in [0.2, 0.25) is 5.92 Å². The molecule has 0 aliphatic carbocycles. The fourth-order valence-corrected chi connectivity index (χ4v) is 0.841. The quantitative estimate of drug-likeness (QED) is 0.601. The van der Waals surface area contributed by atoms with Crippen LogP contribution in [0.25, 0.3) is 0 Å². The maximum absolute atomic E-state index is 12.5. The van der Waals surface area contributed by atoms with Gasteiger partial charge in [-0.25, -0.2) is 8.78 Å². The average Bonchev–Trinajstić information content (AvgIpc) is 1.84. The molecule has 10 heavy (non-hydrogen) atoms. The molecule has 0 heterocycles. The maximum atomic E-state index is 12.5. The van der Waals surface area contributed by atoms with Gasteiger partial charge < -0.3 is 0 Å². The van der Waals surface area contributed by atoms with Gasteiger partial charge in [-0.2, -0.15) is 0 Å². The van der Waals surface area contributed by atoms with E-state index in [1.54, 1.807) is 6.92 Å². The summed E-state index contributed by atoms with van der Waals surface area (Å²) >= 11 is 3.62. The lowest BCUT2D eigenvalue weighted by Crippen LogP contribution is -2.20. The van der Waals surface area contributed by atoms with E-state index in [-0.39, 0.29) is 19.4 Å². The molecule has 0 spiro atoms. The summed E-state index contributed by atoms with van der Waals surface area (Å²) in [7, 11) is 0. The SMILES string of the molecule is CCCC(F)(F)CCNS. The Labute approximate surface area is 65.7 Å². The largest absolute Gasteiger partial charge is 0.267 e. The zero-order valence-electron chi connectivity index (χ0n) is 6.03. The molecular weight excluding hydrogens is 156 g/mol. The molecule has 0 aliphatic rings. The van der Waals surface area contributed by atoms with Gasteiger partial charge in [0.15, 0.2) is 0 Å². The van der Waals surface area contributed by atoms with Crippen molar-refractivity contribution in [2.24, 2.45) is 0 Å². The molecule has 0 aliphatic heterocycles. The number of thiol groups is 1. The van der Waals surface area contributed by atoms with Crippen LogP contribution >= 0.6 is 12.8 Å². The summed E-state index contributed by atoms with van der Waals surface area (Å²) < 4.78 is 27.5. The van der Waals surface area contributed by atoms with Gasteiger partial charge in [-0.1, -0.05) is 26.2 Å². The molecule has 62 valence electrons. The van der Waals surface area contributed by atoms with Crippen molar-refractivity contribution in [2.75, 3.05) is 6.54 Å². The highest BCUT2D eigenvalue weighted by Crippen LogP contribution is 2.23. The first-order chi connectivity index (χ1) is 4.62. The van der Waals surface area contributed by atoms with Crippen LogP contribution in [-0.2, 0) is 0 Å². The van der Waals surface area contributed by atoms with Gasteiger partial charge in [-0.15, -0.1) is 0 Å². The Morgan fingerprint density at radius 3 is 2.40 bits per heavy atom. The molecule has 4 heteroatoms. The van der Waals surface area contributed by atoms with E-state index in [4.69, 9.17) is 0 Å². The van der Waals surface area contributed by atoms with Gasteiger partial charge >= 0.3 is 0 Å². The second-order valence-electron chi connectivity index (χ2n) is 2.26. The monoisotopic (exact) mass is 169 g/mol. The fraction of sp³-hybridized carbons (Fsp3) is 1.00. The van der Waals surface area contributed by atoms with Crippen LogP contribution in [0.5, 0.6) is 0 Å². The average molecular weight is 169 g/mol. The molecule has 0 amide bonds. The second-order valence-corrected chi connectivity index (χ2v) is 2.58. The van der Waals surface area contributed by atoms with Crippen LogP contribution in [0.15, 0.2) is 0 Å². The van der Waals surface area contributed by atoms with Crippen molar-refractivity contribution in [3.63, 3.8) is 0 Å². The predicted molar refractivity (Wildman–Crippen MR) is 41.5 cm³/mol. The molecule has 0 atom stereocenters. The predicted octanol–water partition coefficient (Wildman–Crippen LogP) is 2.25. The molecule has 0 aromatic heterocycles. The molecule has 0 unspecified atom stereocenters. The molecule has 0 rings (SSSR count). The van der Waals surface area contributed by atoms with Crippen molar-refractivity contribution in [3.8, 4) is 0 Å². The molecule has 0 saturated heterocycles. The Hall–Kier alpha value is 0.170. The standard InChI is InChI=1S/C6H13F2NS/c1-2-3-6(7,8)4-5-9-10/h9-10H,2-5H2,1H3. The van der Waals surface area contributed by atoms with Crippen LogP contribution in [0, 0.1) is 0 Å². The third-order valence-electron chi connectivity index (χ3n) is 1.22. The Kier molecular flexibility index (Phi) is 4.99. The number of rotatable bonds is 5. The zero-order valence-corrected chi connectivity index (χ0v) is 6.93. The van der Waals surface area contributed by atoms with Crippen molar-refractivity contribution in [1.29, 1.82) is 0 Å². The summed E-state index contributed by atoms with van der Waals surface area (Å²) in [6.07, 6.45) is 0.381. The van der Waals surface area contributed by atoms with E-state index in [9.17, 15) is 8.78 Å². The first-order valence-corrected chi connectivity index (χ1v) is 3.82. The molecule has 1 N–H and O–H groups in total. The molecule has 0 fully saturated rings. The van der Waals surface area contributed by atoms with Crippen molar-refractivity contribution >= 4 is 12.8 Å². The molecule has 0 aromatic carbocycles. The Morgan fingerprint density at radius 1 is 1.40 bits per heavy atom. The summed E-state index contributed by atoms with van der Waals surface area (Å²) in [6.45, 7) is 2.01. The highest BCUT2D eigenvalue weighted by atomic mass is 32.1. The van der Waals surface area contributed by atoms with E-state index in [1.807, 2.05) is 0 Å². The molecular formula is C6H13F2NS. The molecule has 1 nitrogen and oxygen atoms in total. The van der Waals surface area contributed by atoms with Gasteiger partial charge in [0.1, 0.15) is 0 Å². The van der Waals surface area contributed by atoms with Crippen LogP contribution in [0.4, 0.5) is 8.78 Å². The number of hydrogen-bond donors (Lipinski definition) is 2. The minimum atomic E-state index is -2.51. The Bertz CT molecular complexity index is 87.8. The molecule has 0 saturated carbocycles. The van der Waals surface area contributed by atoms with E-state index in [0.717, 1.165) is 0 Å². The minimum Gasteiger partial charge on any atom is -0.267 e. The highest BCUT2D eigenvalue weighted by Gasteiger charge is 2.26. The molecule has 0 radical (unpaired) electrons. The minimum absolute atomic E-state index is 0.0253. The topological polar surface area (TPSA) is 12.0 Å². The normalized spacial score (nSPS) is 12.0. The summed E-state index contributed by atoms with van der Waals surface area (Å²) in [6, 6.07) is 0. The maximum Gasteiger partial charge on any atom is 0.249 e. The van der Waals surface area contributed by atoms with E-state index < -0.39 is 5.92 Å². The van der Waals surface area contributed by atoms with Crippen molar-refractivity contribution in [3.05, 3.63) is 0 Å². The Balaban J connectivity index is 3.42. The zero-order chi connectivity index (χ0) is 8.04. The lowest BCUT2D eigenvalue weighted by Gasteiger charge is -2.13. The molecule has 0 aromatic rings. The lowest BCUT2D eigenvalue weighted by molar-refractivity contribution is -0.0148. The van der Waals surface area contributed by atoms with Crippen LogP contribution in [0.2, 0.25) is 0 Å². The number of hydrogen-bond acceptors (Lipinski definition) is 2. The van der Waals surface area contributed by atoms with Crippen LogP contribution < -0.4 is 4.72 Å². The summed E-state index contributed by atoms with van der Waals surface area (Å²) in [5.41, 5.74) is 0. The lowest BCUT2D eigenvalue weighted by atomic mass is 10.1. The first-order valence-electron chi connectivity index (χ1n) is 3.37. The van der Waals surface area contributed by atoms with E-state index in [2.05, 4.69) is 17.5 Å². The van der Waals surface area contributed by atoms with Gasteiger partial charge in [-0.05, 0) is 0 Å². The van der Waals surface area contributed by atoms with E-state index in [1.165, 1.54) is 0 Å². The first kappa shape index (κ1) is 10.2. The second kappa shape index (κ2) is 4.91. The van der Waals surface area contributed by atoms with Crippen molar-refractivity contribution < 1.29 is 8.78 Å². The third-order valence-corrected chi connectivity index (χ3v) is 1.44. The number of nitrogens with one attached hydrogen (secondary N) is 1. The fourth-order valence-electron chi connectivity index (χ4n) is 0.730. The van der Waals surface area contributed by atoms with Crippen molar-refractivity contribution in [2.45, 2.75) is 32.1 Å². The summed E-state index contributed by atoms with van der Waals surface area (Å²) in [5.74, 6) is -2.51. The smallest absolute Gasteiger partial charge is 0.249 e. The summed E-state index contributed by atoms with van der Waals surface area (Å²) in [4.78, 5) is 0. The van der Waals surface area contributed by atoms with Gasteiger partial charge in [0.25, 0.3) is 0 Å². The van der Waals surface area contributed by atoms with Crippen molar-refractivity contribution in [1.82, 2.24) is 4.72 Å². The number of alkyl halides is 2. The van der Waals surface area contributed by atoms with Gasteiger partial charge in [0.05, 0.1) is 0 Å². The summed E-state index contributed by atoms with van der Waals surface area (Å²) in [5, 5.41) is 0. The van der Waals surface area contributed by atoms with E-state index in [0.29, 0.717) is 6.42 Å². The van der Waals surface area contributed by atoms with Crippen LogP contribution in [0.3, 0.4) is 0 Å². The van der Waals surface area contributed by atoms with Crippen LogP contribution in [0.1, 0.15) is 26.2 Å². The van der Waals surface area contributed by atoms with E-state index >= 15 is 0 Å².